The molecular formula is C34H48O4SSi. The van der Waals surface area contributed by atoms with Gasteiger partial charge in [0.1, 0.15) is 5.75 Å². The number of aliphatic hydroxyl groups is 1. The third-order valence-electron chi connectivity index (χ3n) is 11.2. The minimum absolute atomic E-state index is 0.0719. The van der Waals surface area contributed by atoms with Crippen molar-refractivity contribution < 1.29 is 19.1 Å². The standard InChI is InChI=1S/C34H48O4SSi/c1-9-23-16-18-27-26-17-15-24-21-34(36,38-40(7,8)31(2,3)4)29(39-30(35)37-25-13-11-10-12-14-25)22-33(24,6)28(26)19-20-32(23,27)5/h10-17,27-29,36H,9,18-22H2,1-8H3/t27-,28-,29-,32+,33-,34-/m0/s1. The molecule has 0 aliphatic heterocycles. The number of carbonyl (C=O) groups excluding carboxylic acids is 1. The van der Waals surface area contributed by atoms with Crippen molar-refractivity contribution in [3.8, 4) is 5.75 Å². The lowest BCUT2D eigenvalue weighted by Crippen LogP contribution is -2.60. The molecule has 1 aromatic carbocycles. The average molecular weight is 581 g/mol. The van der Waals surface area contributed by atoms with Crippen molar-refractivity contribution in [3.05, 3.63) is 65.3 Å². The number of thioether (sulfide) groups is 1. The summed E-state index contributed by atoms with van der Waals surface area (Å²) in [5.74, 6) is 0.0505. The van der Waals surface area contributed by atoms with Crippen LogP contribution >= 0.6 is 11.8 Å². The van der Waals surface area contributed by atoms with Gasteiger partial charge in [-0.15, -0.1) is 0 Å². The Balaban J connectivity index is 1.48. The molecule has 2 saturated carbocycles. The number of ether oxygens (including phenoxy) is 1. The van der Waals surface area contributed by atoms with Gasteiger partial charge in [-0.2, -0.15) is 0 Å². The Hall–Kier alpha value is -1.60. The van der Waals surface area contributed by atoms with Gasteiger partial charge in [0.05, 0.1) is 5.25 Å². The summed E-state index contributed by atoms with van der Waals surface area (Å²) in [7, 11) is -2.35. The first-order valence-electron chi connectivity index (χ1n) is 15.1. The normalized spacial score (nSPS) is 35.5. The van der Waals surface area contributed by atoms with Gasteiger partial charge in [0, 0.05) is 6.42 Å². The highest BCUT2D eigenvalue weighted by Crippen LogP contribution is 2.65. The molecule has 0 radical (unpaired) electrons. The van der Waals surface area contributed by atoms with E-state index in [0.29, 0.717) is 30.4 Å². The maximum atomic E-state index is 13.3. The smallest absolute Gasteiger partial charge is 0.373 e. The lowest BCUT2D eigenvalue weighted by molar-refractivity contribution is -0.165. The van der Waals surface area contributed by atoms with Gasteiger partial charge in [-0.3, -0.25) is 0 Å². The number of hydrogen-bond donors (Lipinski definition) is 1. The molecule has 0 unspecified atom stereocenters. The second kappa shape index (κ2) is 10.3. The molecule has 0 spiro atoms. The second-order valence-corrected chi connectivity index (χ2v) is 20.4. The maximum absolute atomic E-state index is 13.3. The summed E-state index contributed by atoms with van der Waals surface area (Å²) in [6.45, 7) is 18.1. The van der Waals surface area contributed by atoms with Gasteiger partial charge in [0.2, 0.25) is 0 Å². The molecule has 0 aromatic heterocycles. The van der Waals surface area contributed by atoms with Gasteiger partial charge in [0.15, 0.2) is 14.1 Å². The van der Waals surface area contributed by atoms with Gasteiger partial charge < -0.3 is 14.3 Å². The van der Waals surface area contributed by atoms with Gasteiger partial charge in [-0.05, 0) is 96.8 Å². The van der Waals surface area contributed by atoms with Gasteiger partial charge in [-0.25, -0.2) is 4.79 Å². The largest absolute Gasteiger partial charge is 0.418 e. The number of rotatable bonds is 5. The highest BCUT2D eigenvalue weighted by atomic mass is 32.2. The predicted octanol–water partition coefficient (Wildman–Crippen LogP) is 9.44. The van der Waals surface area contributed by atoms with E-state index in [0.717, 1.165) is 31.0 Å². The van der Waals surface area contributed by atoms with E-state index in [2.05, 4.69) is 72.9 Å². The van der Waals surface area contributed by atoms with E-state index < -0.39 is 19.4 Å². The summed E-state index contributed by atoms with van der Waals surface area (Å²) in [6.07, 6.45) is 12.9. The van der Waals surface area contributed by atoms with Gasteiger partial charge >= 0.3 is 5.30 Å². The number of carbonyl (C=O) groups is 1. The fourth-order valence-electron chi connectivity index (χ4n) is 7.77. The predicted molar refractivity (Wildman–Crippen MR) is 168 cm³/mol. The van der Waals surface area contributed by atoms with Crippen LogP contribution < -0.4 is 4.74 Å². The van der Waals surface area contributed by atoms with Crippen LogP contribution in [0.3, 0.4) is 0 Å². The second-order valence-electron chi connectivity index (χ2n) is 14.5. The van der Waals surface area contributed by atoms with Crippen molar-refractivity contribution >= 4 is 25.4 Å². The van der Waals surface area contributed by atoms with Crippen LogP contribution in [0.15, 0.2) is 65.3 Å². The number of hydrogen-bond acceptors (Lipinski definition) is 5. The zero-order valence-corrected chi connectivity index (χ0v) is 27.5. The third-order valence-corrected chi connectivity index (χ3v) is 16.8. The van der Waals surface area contributed by atoms with Crippen LogP contribution in [0, 0.1) is 22.7 Å². The van der Waals surface area contributed by atoms with E-state index in [-0.39, 0.29) is 21.2 Å². The van der Waals surface area contributed by atoms with E-state index >= 15 is 0 Å². The van der Waals surface area contributed by atoms with E-state index in [1.54, 1.807) is 23.3 Å². The molecule has 0 heterocycles. The Morgan fingerprint density at radius 3 is 2.45 bits per heavy atom. The molecule has 40 heavy (non-hydrogen) atoms. The summed E-state index contributed by atoms with van der Waals surface area (Å²) in [5.41, 5.74) is 4.59. The Kier molecular flexibility index (Phi) is 7.68. The lowest BCUT2D eigenvalue weighted by Gasteiger charge is -2.58. The van der Waals surface area contributed by atoms with Crippen LogP contribution in [0.2, 0.25) is 18.1 Å². The van der Waals surface area contributed by atoms with Gasteiger partial charge in [0.25, 0.3) is 0 Å². The van der Waals surface area contributed by atoms with Crippen molar-refractivity contribution in [3.63, 3.8) is 0 Å². The average Bonchev–Trinajstić information content (AvgIpc) is 3.21. The lowest BCUT2D eigenvalue weighted by atomic mass is 9.50. The summed E-state index contributed by atoms with van der Waals surface area (Å²) in [4.78, 5) is 13.3. The Morgan fingerprint density at radius 2 is 1.80 bits per heavy atom. The summed E-state index contributed by atoms with van der Waals surface area (Å²) in [5, 5.41) is 11.5. The van der Waals surface area contributed by atoms with Crippen molar-refractivity contribution in [1.82, 2.24) is 0 Å². The summed E-state index contributed by atoms with van der Waals surface area (Å²) < 4.78 is 12.5. The third kappa shape index (κ3) is 5.01. The molecule has 4 aliphatic rings. The zero-order chi connectivity index (χ0) is 29.1. The highest BCUT2D eigenvalue weighted by molar-refractivity contribution is 8.13. The molecule has 0 bridgehead atoms. The molecule has 0 amide bonds. The highest BCUT2D eigenvalue weighted by Gasteiger charge is 2.60. The summed E-state index contributed by atoms with van der Waals surface area (Å²) in [6, 6.07) is 9.20. The Labute approximate surface area is 246 Å². The molecule has 2 fully saturated rings. The number of fused-ring (bicyclic) bond motifs is 5. The number of allylic oxidation sites excluding steroid dienone is 5. The van der Waals surface area contributed by atoms with E-state index in [9.17, 15) is 9.90 Å². The topological polar surface area (TPSA) is 55.8 Å². The van der Waals surface area contributed by atoms with E-state index in [4.69, 9.17) is 9.16 Å². The molecule has 5 rings (SSSR count). The minimum Gasteiger partial charge on any atom is -0.418 e. The Bertz CT molecular complexity index is 1240. The van der Waals surface area contributed by atoms with Crippen molar-refractivity contribution in [2.24, 2.45) is 22.7 Å². The van der Waals surface area contributed by atoms with Crippen molar-refractivity contribution in [1.29, 1.82) is 0 Å². The summed E-state index contributed by atoms with van der Waals surface area (Å²) >= 11 is 1.12. The fourth-order valence-corrected chi connectivity index (χ4v) is 10.4. The monoisotopic (exact) mass is 580 g/mol. The van der Waals surface area contributed by atoms with Crippen molar-refractivity contribution in [2.75, 3.05) is 0 Å². The van der Waals surface area contributed by atoms with Crippen molar-refractivity contribution in [2.45, 2.75) is 109 Å². The van der Waals surface area contributed by atoms with E-state index in [1.165, 1.54) is 12.0 Å². The van der Waals surface area contributed by atoms with Gasteiger partial charge in [-0.1, -0.05) is 94.7 Å². The SMILES string of the molecule is CCC1=CC[C@H]2C3=CC=C4C[C@](O)(O[Si](C)(C)C(C)(C)C)[C@@H](SC(=O)Oc5ccccc5)C[C@]4(C)[C@H]3CC[C@]12C. The van der Waals surface area contributed by atoms with E-state index in [1.807, 2.05) is 18.2 Å². The van der Waals surface area contributed by atoms with Crippen LogP contribution in [0.4, 0.5) is 4.79 Å². The first-order chi connectivity index (χ1) is 18.6. The molecule has 1 aromatic rings. The molecule has 1 N–H and O–H groups in total. The first-order valence-corrected chi connectivity index (χ1v) is 18.9. The molecule has 0 saturated heterocycles. The van der Waals surface area contributed by atoms with Crippen LogP contribution in [-0.4, -0.2) is 29.8 Å². The molecule has 218 valence electrons. The Morgan fingerprint density at radius 1 is 1.10 bits per heavy atom. The fraction of sp³-hybridized carbons (Fsp3) is 0.618. The van der Waals surface area contributed by atoms with Crippen LogP contribution in [-0.2, 0) is 4.43 Å². The number of benzene rings is 1. The molecular weight excluding hydrogens is 533 g/mol. The maximum Gasteiger partial charge on any atom is 0.373 e. The molecule has 6 heteroatoms. The minimum atomic E-state index is -2.35. The van der Waals surface area contributed by atoms with Crippen LogP contribution in [0.1, 0.15) is 80.1 Å². The van der Waals surface area contributed by atoms with Crippen LogP contribution in [0.25, 0.3) is 0 Å². The quantitative estimate of drug-likeness (QED) is 0.163. The molecule has 6 atom stereocenters. The first kappa shape index (κ1) is 29.9. The van der Waals surface area contributed by atoms with Crippen LogP contribution in [0.5, 0.6) is 5.75 Å². The number of para-hydroxylation sites is 1. The molecule has 4 nitrogen and oxygen atoms in total. The zero-order valence-electron chi connectivity index (χ0n) is 25.7. The molecule has 4 aliphatic carbocycles.